The van der Waals surface area contributed by atoms with Gasteiger partial charge < -0.3 is 25.2 Å². The van der Waals surface area contributed by atoms with E-state index in [-0.39, 0.29) is 11.5 Å². The maximum absolute atomic E-state index is 11.4. The van der Waals surface area contributed by atoms with Crippen LogP contribution in [0.2, 0.25) is 0 Å². The van der Waals surface area contributed by atoms with Gasteiger partial charge in [-0.2, -0.15) is 0 Å². The van der Waals surface area contributed by atoms with Crippen molar-refractivity contribution in [1.82, 2.24) is 0 Å². The number of hydrogen-bond donors (Lipinski definition) is 4. The molecule has 0 radical (unpaired) electrons. The highest BCUT2D eigenvalue weighted by Crippen LogP contribution is 2.25. The van der Waals surface area contributed by atoms with Crippen molar-refractivity contribution in [3.05, 3.63) is 29.8 Å². The summed E-state index contributed by atoms with van der Waals surface area (Å²) in [7, 11) is 0. The molecule has 0 saturated heterocycles. The van der Waals surface area contributed by atoms with Gasteiger partial charge in [0.1, 0.15) is 0 Å². The van der Waals surface area contributed by atoms with Gasteiger partial charge in [0.15, 0.2) is 11.5 Å². The van der Waals surface area contributed by atoms with E-state index in [2.05, 4.69) is 4.74 Å². The molecule has 0 aliphatic rings. The summed E-state index contributed by atoms with van der Waals surface area (Å²) in [6, 6.07) is 3.76. The van der Waals surface area contributed by atoms with Gasteiger partial charge in [-0.1, -0.05) is 6.07 Å². The van der Waals surface area contributed by atoms with E-state index in [0.717, 1.165) is 6.08 Å². The smallest absolute Gasteiger partial charge is 0.345 e. The molecule has 0 bridgehead atoms. The molecule has 1 aromatic rings. The average Bonchev–Trinajstić information content (AvgIpc) is 2.38. The number of ether oxygens (including phenoxy) is 1. The molecule has 0 aliphatic heterocycles. The largest absolute Gasteiger partial charge is 0.504 e. The lowest BCUT2D eigenvalue weighted by Gasteiger charge is -2.09. The van der Waals surface area contributed by atoms with Crippen molar-refractivity contribution < 1.29 is 39.5 Å². The minimum absolute atomic E-state index is 0.331. The summed E-state index contributed by atoms with van der Waals surface area (Å²) in [5.41, 5.74) is 0.354. The molecule has 1 rings (SSSR count). The Morgan fingerprint density at radius 2 is 1.81 bits per heavy atom. The molecule has 0 aliphatic carbocycles. The van der Waals surface area contributed by atoms with E-state index in [9.17, 15) is 19.5 Å². The van der Waals surface area contributed by atoms with E-state index < -0.39 is 30.4 Å². The Balaban J connectivity index is 2.70. The quantitative estimate of drug-likeness (QED) is 0.339. The van der Waals surface area contributed by atoms with Gasteiger partial charge in [-0.25, -0.2) is 9.59 Å². The minimum Gasteiger partial charge on any atom is -0.504 e. The number of carboxylic acid groups (broad SMARTS) is 2. The Labute approximate surface area is 118 Å². The first-order valence-corrected chi connectivity index (χ1v) is 5.65. The van der Waals surface area contributed by atoms with Crippen molar-refractivity contribution >= 4 is 24.0 Å². The number of phenols is 2. The van der Waals surface area contributed by atoms with Gasteiger partial charge in [-0.15, -0.1) is 0 Å². The van der Waals surface area contributed by atoms with Crippen molar-refractivity contribution in [3.63, 3.8) is 0 Å². The van der Waals surface area contributed by atoms with Crippen LogP contribution in [0.1, 0.15) is 12.0 Å². The lowest BCUT2D eigenvalue weighted by molar-refractivity contribution is -0.164. The molecule has 21 heavy (non-hydrogen) atoms. The Morgan fingerprint density at radius 3 is 2.33 bits per heavy atom. The van der Waals surface area contributed by atoms with Crippen LogP contribution in [0.15, 0.2) is 24.3 Å². The number of benzene rings is 1. The first-order valence-electron chi connectivity index (χ1n) is 5.65. The number of carbonyl (C=O) groups is 3. The highest BCUT2D eigenvalue weighted by Gasteiger charge is 2.24. The number of aromatic hydroxyl groups is 2. The molecule has 4 N–H and O–H groups in total. The zero-order valence-corrected chi connectivity index (χ0v) is 10.6. The van der Waals surface area contributed by atoms with Gasteiger partial charge in [0, 0.05) is 6.08 Å². The number of carboxylic acids is 2. The van der Waals surface area contributed by atoms with Gasteiger partial charge in [0.25, 0.3) is 0 Å². The highest BCUT2D eigenvalue weighted by atomic mass is 16.6. The zero-order chi connectivity index (χ0) is 16.0. The first kappa shape index (κ1) is 16.0. The van der Waals surface area contributed by atoms with Crippen LogP contribution >= 0.6 is 0 Å². The molecule has 0 spiro atoms. The molecule has 0 fully saturated rings. The lowest BCUT2D eigenvalue weighted by atomic mass is 10.2. The van der Waals surface area contributed by atoms with Crippen LogP contribution in [-0.4, -0.2) is 44.4 Å². The van der Waals surface area contributed by atoms with Crippen LogP contribution in [0, 0.1) is 0 Å². The van der Waals surface area contributed by atoms with Crippen molar-refractivity contribution in [1.29, 1.82) is 0 Å². The molecule has 1 atom stereocenters. The van der Waals surface area contributed by atoms with Crippen LogP contribution in [-0.2, 0) is 19.1 Å². The maximum Gasteiger partial charge on any atom is 0.345 e. The van der Waals surface area contributed by atoms with E-state index in [1.54, 1.807) is 0 Å². The molecule has 112 valence electrons. The second-order valence-electron chi connectivity index (χ2n) is 3.94. The Bertz CT molecular complexity index is 590. The number of phenolic OH excluding ortho intramolecular Hbond substituents is 2. The summed E-state index contributed by atoms with van der Waals surface area (Å²) in [6.07, 6.45) is -0.549. The van der Waals surface area contributed by atoms with Crippen LogP contribution < -0.4 is 0 Å². The van der Waals surface area contributed by atoms with Crippen LogP contribution in [0.4, 0.5) is 0 Å². The Morgan fingerprint density at radius 1 is 1.14 bits per heavy atom. The first-order chi connectivity index (χ1) is 9.79. The monoisotopic (exact) mass is 296 g/mol. The van der Waals surface area contributed by atoms with E-state index in [1.807, 2.05) is 0 Å². The Hall–Kier alpha value is -3.03. The average molecular weight is 296 g/mol. The second kappa shape index (κ2) is 6.94. The topological polar surface area (TPSA) is 141 Å². The van der Waals surface area contributed by atoms with Crippen LogP contribution in [0.25, 0.3) is 6.08 Å². The summed E-state index contributed by atoms with van der Waals surface area (Å²) >= 11 is 0. The summed E-state index contributed by atoms with van der Waals surface area (Å²) in [4.78, 5) is 32.5. The molecule has 0 saturated carbocycles. The van der Waals surface area contributed by atoms with Crippen molar-refractivity contribution in [2.45, 2.75) is 12.5 Å². The van der Waals surface area contributed by atoms with Gasteiger partial charge in [-0.3, -0.25) is 4.79 Å². The molecule has 0 unspecified atom stereocenters. The number of hydrogen-bond acceptors (Lipinski definition) is 6. The molecule has 0 amide bonds. The van der Waals surface area contributed by atoms with Gasteiger partial charge in [0.2, 0.25) is 6.10 Å². The Kier molecular flexibility index (Phi) is 5.30. The van der Waals surface area contributed by atoms with Crippen molar-refractivity contribution in [3.8, 4) is 11.5 Å². The molecule has 8 heteroatoms. The predicted molar refractivity (Wildman–Crippen MR) is 68.6 cm³/mol. The molecule has 8 nitrogen and oxygen atoms in total. The third kappa shape index (κ3) is 5.23. The SMILES string of the molecule is O=C(O)C[C@H](OC(=O)/C=C/c1ccc(O)c(O)c1)C(=O)O. The van der Waals surface area contributed by atoms with Crippen LogP contribution in [0.5, 0.6) is 11.5 Å². The number of aliphatic carboxylic acids is 2. The number of rotatable bonds is 6. The van der Waals surface area contributed by atoms with E-state index in [4.69, 9.17) is 15.3 Å². The fourth-order valence-electron chi connectivity index (χ4n) is 1.33. The molecular weight excluding hydrogens is 284 g/mol. The second-order valence-corrected chi connectivity index (χ2v) is 3.94. The van der Waals surface area contributed by atoms with Gasteiger partial charge in [-0.05, 0) is 23.8 Å². The predicted octanol–water partition coefficient (Wildman–Crippen LogP) is 0.582. The lowest BCUT2D eigenvalue weighted by Crippen LogP contribution is -2.28. The van der Waals surface area contributed by atoms with Crippen molar-refractivity contribution in [2.24, 2.45) is 0 Å². The van der Waals surface area contributed by atoms with E-state index >= 15 is 0 Å². The summed E-state index contributed by atoms with van der Waals surface area (Å²) in [5, 5.41) is 35.5. The summed E-state index contributed by atoms with van der Waals surface area (Å²) in [6.45, 7) is 0. The van der Waals surface area contributed by atoms with Gasteiger partial charge in [0.05, 0.1) is 6.42 Å². The maximum atomic E-state index is 11.4. The van der Waals surface area contributed by atoms with Crippen molar-refractivity contribution in [2.75, 3.05) is 0 Å². The summed E-state index contributed by atoms with van der Waals surface area (Å²) < 4.78 is 4.48. The van der Waals surface area contributed by atoms with Gasteiger partial charge >= 0.3 is 17.9 Å². The molecule has 0 aromatic heterocycles. The standard InChI is InChI=1S/C13H12O8/c14-8-3-1-7(5-9(8)15)2-4-12(18)21-10(13(19)20)6-11(16)17/h1-5,10,14-15H,6H2,(H,16,17)(H,19,20)/b4-2+/t10-/m0/s1. The number of carbonyl (C=O) groups excluding carboxylic acids is 1. The third-order valence-electron chi connectivity index (χ3n) is 2.31. The fraction of sp³-hybridized carbons (Fsp3) is 0.154. The number of esters is 1. The van der Waals surface area contributed by atoms with E-state index in [0.29, 0.717) is 5.56 Å². The normalized spacial score (nSPS) is 12.0. The fourth-order valence-corrected chi connectivity index (χ4v) is 1.33. The third-order valence-corrected chi connectivity index (χ3v) is 2.31. The zero-order valence-electron chi connectivity index (χ0n) is 10.6. The van der Waals surface area contributed by atoms with E-state index in [1.165, 1.54) is 24.3 Å². The molecule has 1 aromatic carbocycles. The minimum atomic E-state index is -1.78. The molecule has 0 heterocycles. The van der Waals surface area contributed by atoms with Crippen LogP contribution in [0.3, 0.4) is 0 Å². The summed E-state index contributed by atoms with van der Waals surface area (Å²) in [5.74, 6) is -4.75. The highest BCUT2D eigenvalue weighted by molar-refractivity contribution is 5.90. The molecular formula is C13H12O8.